The molecule has 0 N–H and O–H groups in total. The molecule has 2 saturated heterocycles. The van der Waals surface area contributed by atoms with Crippen LogP contribution in [-0.4, -0.2) is 43.2 Å². The van der Waals surface area contributed by atoms with E-state index < -0.39 is 17.5 Å². The van der Waals surface area contributed by atoms with E-state index in [1.807, 2.05) is 0 Å². The number of halogens is 2. The van der Waals surface area contributed by atoms with Gasteiger partial charge in [0, 0.05) is 41.7 Å². The Labute approximate surface area is 182 Å². The SMILES string of the molecule is C[C@@H](Oc1ccc2c(-c3ccc(F)cc3Cl)cc(=O)oc2c1)C(=O)N1CC2(COC2)C1. The Bertz CT molecular complexity index is 1240. The van der Waals surface area contributed by atoms with Gasteiger partial charge in [-0.2, -0.15) is 0 Å². The van der Waals surface area contributed by atoms with Crippen molar-refractivity contribution < 1.29 is 23.1 Å². The molecule has 1 atom stereocenters. The first-order chi connectivity index (χ1) is 14.8. The molecule has 2 aliphatic heterocycles. The first kappa shape index (κ1) is 20.0. The number of hydrogen-bond donors (Lipinski definition) is 0. The van der Waals surface area contributed by atoms with E-state index in [4.69, 9.17) is 25.5 Å². The fourth-order valence-corrected chi connectivity index (χ4v) is 4.42. The summed E-state index contributed by atoms with van der Waals surface area (Å²) in [6.45, 7) is 4.48. The van der Waals surface area contributed by atoms with Crippen LogP contribution in [0, 0.1) is 11.2 Å². The zero-order valence-corrected chi connectivity index (χ0v) is 17.4. The fourth-order valence-electron chi connectivity index (χ4n) is 4.15. The van der Waals surface area contributed by atoms with Crippen LogP contribution in [0.3, 0.4) is 0 Å². The third-order valence-electron chi connectivity index (χ3n) is 5.78. The van der Waals surface area contributed by atoms with Crippen molar-refractivity contribution in [2.24, 2.45) is 5.41 Å². The zero-order chi connectivity index (χ0) is 21.8. The number of likely N-dealkylation sites (tertiary alicyclic amines) is 1. The molecule has 6 nitrogen and oxygen atoms in total. The topological polar surface area (TPSA) is 69.0 Å². The molecule has 0 bridgehead atoms. The molecular formula is C23H19ClFNO5. The minimum atomic E-state index is -0.683. The fraction of sp³-hybridized carbons (Fsp3) is 0.304. The Morgan fingerprint density at radius 1 is 1.16 bits per heavy atom. The molecule has 0 unspecified atom stereocenters. The number of fused-ring (bicyclic) bond motifs is 1. The quantitative estimate of drug-likeness (QED) is 0.572. The van der Waals surface area contributed by atoms with Crippen LogP contribution < -0.4 is 10.4 Å². The molecule has 3 aromatic rings. The molecule has 5 rings (SSSR count). The zero-order valence-electron chi connectivity index (χ0n) is 16.7. The van der Waals surface area contributed by atoms with Gasteiger partial charge in [0.1, 0.15) is 17.1 Å². The van der Waals surface area contributed by atoms with E-state index in [0.717, 1.165) is 0 Å². The number of carbonyl (C=O) groups is 1. The molecule has 8 heteroatoms. The van der Waals surface area contributed by atoms with Gasteiger partial charge in [-0.1, -0.05) is 11.6 Å². The standard InChI is InChI=1S/C23H19ClFNO5/c1-13(22(28)26-9-23(10-26)11-29-12-23)30-15-3-5-17-18(8-21(27)31-20(17)7-15)16-4-2-14(25)6-19(16)24/h2-8,13H,9-12H2,1H3/t13-/m1/s1. The second-order valence-electron chi connectivity index (χ2n) is 8.21. The average molecular weight is 444 g/mol. The smallest absolute Gasteiger partial charge is 0.336 e. The molecule has 0 aliphatic carbocycles. The summed E-state index contributed by atoms with van der Waals surface area (Å²) in [4.78, 5) is 26.5. The van der Waals surface area contributed by atoms with Gasteiger partial charge in [0.15, 0.2) is 6.10 Å². The highest BCUT2D eigenvalue weighted by atomic mass is 35.5. The Kier molecular flexibility index (Phi) is 4.75. The van der Waals surface area contributed by atoms with Gasteiger partial charge in [-0.05, 0) is 37.3 Å². The predicted molar refractivity (Wildman–Crippen MR) is 113 cm³/mol. The van der Waals surface area contributed by atoms with Crippen LogP contribution in [0.2, 0.25) is 5.02 Å². The van der Waals surface area contributed by atoms with Crippen molar-refractivity contribution in [3.63, 3.8) is 0 Å². The third kappa shape index (κ3) is 3.58. The van der Waals surface area contributed by atoms with Crippen molar-refractivity contribution in [3.05, 3.63) is 63.7 Å². The van der Waals surface area contributed by atoms with Crippen LogP contribution in [0.5, 0.6) is 5.75 Å². The summed E-state index contributed by atoms with van der Waals surface area (Å²) in [5, 5.41) is 0.810. The largest absolute Gasteiger partial charge is 0.481 e. The summed E-state index contributed by atoms with van der Waals surface area (Å²) in [7, 11) is 0. The van der Waals surface area contributed by atoms with Crippen molar-refractivity contribution in [1.29, 1.82) is 0 Å². The summed E-state index contributed by atoms with van der Waals surface area (Å²) in [5.74, 6) is -0.152. The van der Waals surface area contributed by atoms with Crippen LogP contribution in [0.1, 0.15) is 6.92 Å². The van der Waals surface area contributed by atoms with Crippen molar-refractivity contribution in [2.75, 3.05) is 26.3 Å². The Morgan fingerprint density at radius 3 is 2.61 bits per heavy atom. The van der Waals surface area contributed by atoms with Gasteiger partial charge in [0.05, 0.1) is 23.7 Å². The molecule has 31 heavy (non-hydrogen) atoms. The molecule has 2 aromatic carbocycles. The monoisotopic (exact) mass is 443 g/mol. The Hall–Kier alpha value is -2.90. The average Bonchev–Trinajstić information content (AvgIpc) is 2.64. The predicted octanol–water partition coefficient (Wildman–Crippen LogP) is 3.88. The van der Waals surface area contributed by atoms with Crippen LogP contribution in [0.4, 0.5) is 4.39 Å². The number of hydrogen-bond acceptors (Lipinski definition) is 5. The van der Waals surface area contributed by atoms with Gasteiger partial charge in [0.2, 0.25) is 0 Å². The summed E-state index contributed by atoms with van der Waals surface area (Å²) < 4.78 is 29.8. The van der Waals surface area contributed by atoms with Gasteiger partial charge in [-0.15, -0.1) is 0 Å². The van der Waals surface area contributed by atoms with Crippen LogP contribution in [0.25, 0.3) is 22.1 Å². The number of ether oxygens (including phenoxy) is 2. The molecule has 2 fully saturated rings. The highest BCUT2D eigenvalue weighted by Crippen LogP contribution is 2.38. The molecule has 1 spiro atoms. The Morgan fingerprint density at radius 2 is 1.94 bits per heavy atom. The number of amides is 1. The lowest BCUT2D eigenvalue weighted by atomic mass is 9.78. The summed E-state index contributed by atoms with van der Waals surface area (Å²) in [6.07, 6.45) is -0.683. The summed E-state index contributed by atoms with van der Waals surface area (Å²) in [5.41, 5.74) is 0.900. The van der Waals surface area contributed by atoms with Crippen LogP contribution in [-0.2, 0) is 9.53 Å². The van der Waals surface area contributed by atoms with E-state index >= 15 is 0 Å². The second-order valence-corrected chi connectivity index (χ2v) is 8.62. The lowest BCUT2D eigenvalue weighted by Crippen LogP contribution is -2.68. The number of nitrogens with zero attached hydrogens (tertiary/aromatic N) is 1. The van der Waals surface area contributed by atoms with E-state index in [-0.39, 0.29) is 21.9 Å². The normalized spacial score (nSPS) is 17.8. The van der Waals surface area contributed by atoms with Crippen molar-refractivity contribution in [1.82, 2.24) is 4.90 Å². The number of carbonyl (C=O) groups excluding carboxylic acids is 1. The van der Waals surface area contributed by atoms with Crippen LogP contribution in [0.15, 0.2) is 51.7 Å². The number of rotatable bonds is 4. The van der Waals surface area contributed by atoms with Gasteiger partial charge in [-0.25, -0.2) is 9.18 Å². The maximum Gasteiger partial charge on any atom is 0.336 e. The molecule has 0 saturated carbocycles. The maximum atomic E-state index is 13.4. The van der Waals surface area contributed by atoms with Crippen molar-refractivity contribution >= 4 is 28.5 Å². The summed E-state index contributed by atoms with van der Waals surface area (Å²) >= 11 is 6.19. The van der Waals surface area contributed by atoms with E-state index in [1.54, 1.807) is 30.0 Å². The minimum absolute atomic E-state index is 0.0917. The molecule has 160 valence electrons. The molecular weight excluding hydrogens is 425 g/mol. The van der Waals surface area contributed by atoms with Gasteiger partial charge >= 0.3 is 5.63 Å². The molecule has 1 aromatic heterocycles. The van der Waals surface area contributed by atoms with Gasteiger partial charge < -0.3 is 18.8 Å². The van der Waals surface area contributed by atoms with Crippen molar-refractivity contribution in [3.8, 4) is 16.9 Å². The van der Waals surface area contributed by atoms with Crippen LogP contribution >= 0.6 is 11.6 Å². The van der Waals surface area contributed by atoms with E-state index in [1.165, 1.54) is 24.3 Å². The minimum Gasteiger partial charge on any atom is -0.481 e. The Balaban J connectivity index is 1.40. The first-order valence-corrected chi connectivity index (χ1v) is 10.3. The number of benzene rings is 2. The second kappa shape index (κ2) is 7.35. The van der Waals surface area contributed by atoms with E-state index in [9.17, 15) is 14.0 Å². The lowest BCUT2D eigenvalue weighted by Gasteiger charge is -2.55. The van der Waals surface area contributed by atoms with E-state index in [0.29, 0.717) is 48.6 Å². The van der Waals surface area contributed by atoms with Crippen molar-refractivity contribution in [2.45, 2.75) is 13.0 Å². The van der Waals surface area contributed by atoms with E-state index in [2.05, 4.69) is 0 Å². The lowest BCUT2D eigenvalue weighted by molar-refractivity contribution is -0.198. The highest BCUT2D eigenvalue weighted by Gasteiger charge is 2.51. The molecule has 0 radical (unpaired) electrons. The highest BCUT2D eigenvalue weighted by molar-refractivity contribution is 6.33. The molecule has 1 amide bonds. The van der Waals surface area contributed by atoms with Gasteiger partial charge in [0.25, 0.3) is 5.91 Å². The maximum absolute atomic E-state index is 13.4. The summed E-state index contributed by atoms with van der Waals surface area (Å²) in [6, 6.07) is 10.3. The molecule has 2 aliphatic rings. The third-order valence-corrected chi connectivity index (χ3v) is 6.09. The first-order valence-electron chi connectivity index (χ1n) is 9.90. The van der Waals surface area contributed by atoms with Gasteiger partial charge in [-0.3, -0.25) is 4.79 Å². The molecule has 3 heterocycles.